The molecule has 2 atom stereocenters. The average molecular weight is 246 g/mol. The second-order valence-corrected chi connectivity index (χ2v) is 5.71. The van der Waals surface area contributed by atoms with Gasteiger partial charge in [0.15, 0.2) is 0 Å². The summed E-state index contributed by atoms with van der Waals surface area (Å²) in [6.07, 6.45) is 6.26. The van der Waals surface area contributed by atoms with E-state index in [9.17, 15) is 8.42 Å². The van der Waals surface area contributed by atoms with E-state index in [1.54, 1.807) is 6.08 Å². The summed E-state index contributed by atoms with van der Waals surface area (Å²) < 4.78 is 36.2. The van der Waals surface area contributed by atoms with Gasteiger partial charge in [0.2, 0.25) is 0 Å². The van der Waals surface area contributed by atoms with Crippen molar-refractivity contribution in [2.45, 2.75) is 32.8 Å². The molecule has 92 valence electrons. The van der Waals surface area contributed by atoms with Crippen LogP contribution in [-0.4, -0.2) is 26.2 Å². The molecule has 0 aromatic carbocycles. The Hall–Kier alpha value is -0.650. The predicted octanol–water partition coefficient (Wildman–Crippen LogP) is 2.15. The van der Waals surface area contributed by atoms with Crippen molar-refractivity contribution in [2.24, 2.45) is 5.41 Å². The molecule has 0 fully saturated rings. The Morgan fingerprint density at radius 3 is 2.62 bits per heavy atom. The summed E-state index contributed by atoms with van der Waals surface area (Å²) in [6, 6.07) is 0. The quantitative estimate of drug-likeness (QED) is 0.772. The Labute approximate surface area is 96.7 Å². The third-order valence-electron chi connectivity index (χ3n) is 2.93. The topological polar surface area (TPSA) is 63.6 Å². The highest BCUT2D eigenvalue weighted by Crippen LogP contribution is 2.36. The Morgan fingerprint density at radius 2 is 2.19 bits per heavy atom. The molecule has 1 aliphatic rings. The lowest BCUT2D eigenvalue weighted by molar-refractivity contribution is 0.0522. The highest BCUT2D eigenvalue weighted by Gasteiger charge is 2.34. The monoisotopic (exact) mass is 246 g/mol. The van der Waals surface area contributed by atoms with Crippen molar-refractivity contribution in [3.8, 4) is 0 Å². The smallest absolute Gasteiger partial charge is 0.294 e. The van der Waals surface area contributed by atoms with Crippen LogP contribution in [-0.2, 0) is 14.9 Å². The molecule has 1 N–H and O–H groups in total. The van der Waals surface area contributed by atoms with E-state index in [-0.39, 0.29) is 16.4 Å². The minimum absolute atomic E-state index is 0.0899. The fraction of sp³-hybridized carbons (Fsp3) is 0.636. The normalized spacial score (nSPS) is 30.2. The van der Waals surface area contributed by atoms with Crippen molar-refractivity contribution in [3.63, 3.8) is 0 Å². The zero-order chi connectivity index (χ0) is 12.4. The minimum Gasteiger partial charge on any atom is -0.376 e. The zero-order valence-corrected chi connectivity index (χ0v) is 10.6. The first-order chi connectivity index (χ1) is 7.33. The van der Waals surface area contributed by atoms with Crippen molar-refractivity contribution in [3.05, 3.63) is 23.1 Å². The van der Waals surface area contributed by atoms with E-state index in [0.717, 1.165) is 12.8 Å². The average Bonchev–Trinajstić information content (AvgIpc) is 2.16. The summed E-state index contributed by atoms with van der Waals surface area (Å²) in [5.41, 5.74) is -0.211. The van der Waals surface area contributed by atoms with Crippen LogP contribution in [0.25, 0.3) is 0 Å². The van der Waals surface area contributed by atoms with Crippen LogP contribution in [0.15, 0.2) is 23.1 Å². The van der Waals surface area contributed by atoms with Gasteiger partial charge in [0.05, 0.1) is 11.0 Å². The molecule has 5 heteroatoms. The number of hydrogen-bond donors (Lipinski definition) is 1. The Kier molecular flexibility index (Phi) is 3.93. The molecule has 0 heterocycles. The highest BCUT2D eigenvalue weighted by molar-refractivity contribution is 7.90. The number of rotatable bonds is 4. The molecular weight excluding hydrogens is 228 g/mol. The first kappa shape index (κ1) is 13.4. The second-order valence-electron chi connectivity index (χ2n) is 4.29. The number of allylic oxidation sites excluding steroid dienone is 1. The SMILES string of the molecule is CCCC1(C)C=CC(S(=O)(=O)O)=CC1OC. The van der Waals surface area contributed by atoms with Gasteiger partial charge in [-0.15, -0.1) is 0 Å². The van der Waals surface area contributed by atoms with E-state index in [1.165, 1.54) is 19.3 Å². The second kappa shape index (κ2) is 4.69. The molecule has 0 aliphatic heterocycles. The molecule has 0 radical (unpaired) electrons. The van der Waals surface area contributed by atoms with Crippen molar-refractivity contribution in [1.82, 2.24) is 0 Å². The molecule has 0 aromatic rings. The first-order valence-corrected chi connectivity index (χ1v) is 6.69. The molecule has 0 amide bonds. The van der Waals surface area contributed by atoms with Crippen LogP contribution in [0.2, 0.25) is 0 Å². The van der Waals surface area contributed by atoms with E-state index < -0.39 is 10.1 Å². The van der Waals surface area contributed by atoms with Gasteiger partial charge in [0, 0.05) is 12.5 Å². The fourth-order valence-corrected chi connectivity index (χ4v) is 2.57. The minimum atomic E-state index is -4.14. The lowest BCUT2D eigenvalue weighted by Crippen LogP contribution is -2.33. The van der Waals surface area contributed by atoms with Gasteiger partial charge < -0.3 is 4.74 Å². The molecule has 1 aliphatic carbocycles. The maximum Gasteiger partial charge on any atom is 0.294 e. The standard InChI is InChI=1S/C11H18O4S/c1-4-6-11(2)7-5-9(16(12,13)14)8-10(11)15-3/h5,7-8,10H,4,6H2,1-3H3,(H,12,13,14). The van der Waals surface area contributed by atoms with Crippen LogP contribution >= 0.6 is 0 Å². The molecule has 0 bridgehead atoms. The molecule has 0 aromatic heterocycles. The maximum atomic E-state index is 11.0. The number of hydrogen-bond acceptors (Lipinski definition) is 3. The van der Waals surface area contributed by atoms with Crippen LogP contribution in [0.3, 0.4) is 0 Å². The van der Waals surface area contributed by atoms with E-state index in [0.29, 0.717) is 0 Å². The van der Waals surface area contributed by atoms with Crippen LogP contribution in [0.1, 0.15) is 26.7 Å². The van der Waals surface area contributed by atoms with Gasteiger partial charge in [0.25, 0.3) is 10.1 Å². The number of ether oxygens (including phenoxy) is 1. The van der Waals surface area contributed by atoms with Gasteiger partial charge in [-0.25, -0.2) is 0 Å². The van der Waals surface area contributed by atoms with Gasteiger partial charge in [-0.2, -0.15) is 8.42 Å². The lowest BCUT2D eigenvalue weighted by atomic mass is 9.77. The summed E-state index contributed by atoms with van der Waals surface area (Å²) in [5.74, 6) is 0. The Bertz CT molecular complexity index is 408. The van der Waals surface area contributed by atoms with Gasteiger partial charge >= 0.3 is 0 Å². The maximum absolute atomic E-state index is 11.0. The molecule has 2 unspecified atom stereocenters. The summed E-state index contributed by atoms with van der Waals surface area (Å²) in [6.45, 7) is 4.08. The van der Waals surface area contributed by atoms with Crippen molar-refractivity contribution in [1.29, 1.82) is 0 Å². The van der Waals surface area contributed by atoms with Crippen LogP contribution in [0, 0.1) is 5.41 Å². The van der Waals surface area contributed by atoms with E-state index >= 15 is 0 Å². The van der Waals surface area contributed by atoms with Crippen molar-refractivity contribution < 1.29 is 17.7 Å². The third-order valence-corrected chi connectivity index (χ3v) is 3.80. The molecule has 4 nitrogen and oxygen atoms in total. The van der Waals surface area contributed by atoms with E-state index in [2.05, 4.69) is 6.92 Å². The zero-order valence-electron chi connectivity index (χ0n) is 9.80. The molecule has 0 saturated carbocycles. The molecule has 1 rings (SSSR count). The van der Waals surface area contributed by atoms with E-state index in [1.807, 2.05) is 6.92 Å². The highest BCUT2D eigenvalue weighted by atomic mass is 32.2. The summed E-state index contributed by atoms with van der Waals surface area (Å²) in [5, 5.41) is 0. The van der Waals surface area contributed by atoms with Crippen LogP contribution in [0.5, 0.6) is 0 Å². The molecular formula is C11H18O4S. The third kappa shape index (κ3) is 2.72. The van der Waals surface area contributed by atoms with Gasteiger partial charge in [-0.05, 0) is 18.6 Å². The first-order valence-electron chi connectivity index (χ1n) is 5.25. The molecule has 0 saturated heterocycles. The molecule has 16 heavy (non-hydrogen) atoms. The van der Waals surface area contributed by atoms with Gasteiger partial charge in [-0.1, -0.05) is 26.3 Å². The van der Waals surface area contributed by atoms with Crippen molar-refractivity contribution in [2.75, 3.05) is 7.11 Å². The van der Waals surface area contributed by atoms with Crippen molar-refractivity contribution >= 4 is 10.1 Å². The Morgan fingerprint density at radius 1 is 1.56 bits per heavy atom. The summed E-state index contributed by atoms with van der Waals surface area (Å²) in [7, 11) is -2.60. The lowest BCUT2D eigenvalue weighted by Gasteiger charge is -2.34. The largest absolute Gasteiger partial charge is 0.376 e. The van der Waals surface area contributed by atoms with Gasteiger partial charge in [-0.3, -0.25) is 4.55 Å². The number of methoxy groups -OCH3 is 1. The summed E-state index contributed by atoms with van der Waals surface area (Å²) >= 11 is 0. The molecule has 0 spiro atoms. The van der Waals surface area contributed by atoms with Gasteiger partial charge in [0.1, 0.15) is 0 Å². The van der Waals surface area contributed by atoms with E-state index in [4.69, 9.17) is 9.29 Å². The van der Waals surface area contributed by atoms with Crippen LogP contribution < -0.4 is 0 Å². The Balaban J connectivity index is 3.05. The summed E-state index contributed by atoms with van der Waals surface area (Å²) in [4.78, 5) is -0.0899. The van der Waals surface area contributed by atoms with Crippen LogP contribution in [0.4, 0.5) is 0 Å². The fourth-order valence-electron chi connectivity index (χ4n) is 2.04. The predicted molar refractivity (Wildman–Crippen MR) is 62.6 cm³/mol.